The fourth-order valence-electron chi connectivity index (χ4n) is 2.62. The zero-order valence-electron chi connectivity index (χ0n) is 15.3. The number of carbonyl (C=O) groups excluding carboxylic acids is 1. The first-order valence-electron chi connectivity index (χ1n) is 8.77. The maximum atomic E-state index is 12.0. The van der Waals surface area contributed by atoms with E-state index in [1.54, 1.807) is 0 Å². The Morgan fingerprint density at radius 2 is 1.86 bits per heavy atom. The second kappa shape index (κ2) is 9.62. The summed E-state index contributed by atoms with van der Waals surface area (Å²) in [6.07, 6.45) is 0. The number of halogens is 2. The van der Waals surface area contributed by atoms with Crippen molar-refractivity contribution >= 4 is 44.8 Å². The molecule has 0 aliphatic heterocycles. The summed E-state index contributed by atoms with van der Waals surface area (Å²) in [6.45, 7) is 2.62. The molecule has 4 nitrogen and oxygen atoms in total. The second-order valence-corrected chi connectivity index (χ2v) is 7.57. The van der Waals surface area contributed by atoms with Crippen molar-refractivity contribution in [1.29, 1.82) is 0 Å². The zero-order valence-corrected chi connectivity index (χ0v) is 17.7. The smallest absolute Gasteiger partial charge is 0.262 e. The third-order valence-corrected chi connectivity index (χ3v) is 4.95. The molecule has 144 valence electrons. The van der Waals surface area contributed by atoms with Crippen molar-refractivity contribution in [3.63, 3.8) is 0 Å². The van der Waals surface area contributed by atoms with Gasteiger partial charge in [-0.05, 0) is 70.4 Å². The number of ether oxygens (including phenoxy) is 1. The molecule has 0 saturated heterocycles. The molecule has 1 amide bonds. The van der Waals surface area contributed by atoms with E-state index < -0.39 is 0 Å². The maximum Gasteiger partial charge on any atom is 0.262 e. The molecule has 3 aromatic carbocycles. The number of amides is 1. The van der Waals surface area contributed by atoms with E-state index in [-0.39, 0.29) is 12.5 Å². The van der Waals surface area contributed by atoms with Gasteiger partial charge in [-0.15, -0.1) is 0 Å². The first kappa shape index (κ1) is 20.2. The van der Waals surface area contributed by atoms with Gasteiger partial charge in [0.15, 0.2) is 6.61 Å². The predicted molar refractivity (Wildman–Crippen MR) is 118 cm³/mol. The number of aryl methyl sites for hydroxylation is 1. The lowest BCUT2D eigenvalue weighted by atomic mass is 10.1. The average Bonchev–Trinajstić information content (AvgIpc) is 2.68. The van der Waals surface area contributed by atoms with Gasteiger partial charge in [0.25, 0.3) is 5.91 Å². The van der Waals surface area contributed by atoms with Crippen LogP contribution in [0, 0.1) is 6.92 Å². The van der Waals surface area contributed by atoms with Crippen LogP contribution >= 0.6 is 27.5 Å². The number of rotatable bonds is 7. The zero-order chi connectivity index (χ0) is 19.9. The molecule has 0 saturated carbocycles. The van der Waals surface area contributed by atoms with Crippen LogP contribution in [0.4, 0.5) is 11.4 Å². The Labute approximate surface area is 178 Å². The number of hydrogen-bond donors (Lipinski definition) is 2. The van der Waals surface area contributed by atoms with Crippen molar-refractivity contribution in [3.8, 4) is 5.75 Å². The highest BCUT2D eigenvalue weighted by molar-refractivity contribution is 9.10. The Balaban J connectivity index is 1.55. The Morgan fingerprint density at radius 3 is 2.61 bits per heavy atom. The summed E-state index contributed by atoms with van der Waals surface area (Å²) in [5.41, 5.74) is 3.95. The molecule has 3 aromatic rings. The molecule has 0 aliphatic rings. The largest absolute Gasteiger partial charge is 0.483 e. The third-order valence-electron chi connectivity index (χ3n) is 4.10. The van der Waals surface area contributed by atoms with E-state index in [1.165, 1.54) is 0 Å². The Hall–Kier alpha value is -2.50. The first-order valence-corrected chi connectivity index (χ1v) is 9.94. The van der Waals surface area contributed by atoms with Gasteiger partial charge in [-0.3, -0.25) is 4.79 Å². The monoisotopic (exact) mass is 458 g/mol. The minimum atomic E-state index is -0.208. The van der Waals surface area contributed by atoms with Crippen LogP contribution in [0.25, 0.3) is 0 Å². The second-order valence-electron chi connectivity index (χ2n) is 6.28. The Kier molecular flexibility index (Phi) is 6.95. The molecule has 6 heteroatoms. The lowest BCUT2D eigenvalue weighted by Gasteiger charge is -2.12. The van der Waals surface area contributed by atoms with Crippen molar-refractivity contribution in [1.82, 2.24) is 0 Å². The summed E-state index contributed by atoms with van der Waals surface area (Å²) in [5.74, 6) is 0.408. The van der Waals surface area contributed by atoms with Gasteiger partial charge in [-0.2, -0.15) is 0 Å². The lowest BCUT2D eigenvalue weighted by Crippen LogP contribution is -2.20. The number of hydrogen-bond acceptors (Lipinski definition) is 3. The minimum absolute atomic E-state index is 0.0627. The minimum Gasteiger partial charge on any atom is -0.483 e. The van der Waals surface area contributed by atoms with Gasteiger partial charge in [0.1, 0.15) is 5.75 Å². The topological polar surface area (TPSA) is 50.4 Å². The van der Waals surface area contributed by atoms with Gasteiger partial charge in [-0.25, -0.2) is 0 Å². The Bertz CT molecular complexity index is 964. The molecular weight excluding hydrogens is 440 g/mol. The van der Waals surface area contributed by atoms with E-state index in [0.717, 1.165) is 27.0 Å². The molecule has 0 heterocycles. The van der Waals surface area contributed by atoms with Gasteiger partial charge >= 0.3 is 0 Å². The highest BCUT2D eigenvalue weighted by Crippen LogP contribution is 2.27. The summed E-state index contributed by atoms with van der Waals surface area (Å²) in [4.78, 5) is 12.0. The molecule has 2 N–H and O–H groups in total. The van der Waals surface area contributed by atoms with Gasteiger partial charge in [0, 0.05) is 22.9 Å². The molecule has 0 fully saturated rings. The van der Waals surface area contributed by atoms with Crippen molar-refractivity contribution < 1.29 is 9.53 Å². The molecule has 0 bridgehead atoms. The van der Waals surface area contributed by atoms with Crippen molar-refractivity contribution in [2.24, 2.45) is 0 Å². The Morgan fingerprint density at radius 1 is 1.07 bits per heavy atom. The number of para-hydroxylation sites is 1. The number of nitrogens with one attached hydrogen (secondary N) is 2. The standard InChI is InChI=1S/C22H20BrClN2O2/c1-15-7-9-17(24)12-20(15)25-13-16-8-10-21(19(23)11-16)28-14-22(27)26-18-5-3-2-4-6-18/h2-12,25H,13-14H2,1H3,(H,26,27). The van der Waals surface area contributed by atoms with E-state index in [2.05, 4.69) is 26.6 Å². The van der Waals surface area contributed by atoms with Crippen LogP contribution in [-0.4, -0.2) is 12.5 Å². The molecule has 0 spiro atoms. The normalized spacial score (nSPS) is 10.4. The first-order chi connectivity index (χ1) is 13.5. The molecular formula is C22H20BrClN2O2. The number of anilines is 2. The van der Waals surface area contributed by atoms with E-state index in [9.17, 15) is 4.79 Å². The third kappa shape index (κ3) is 5.75. The average molecular weight is 460 g/mol. The quantitative estimate of drug-likeness (QED) is 0.453. The van der Waals surface area contributed by atoms with Crippen LogP contribution in [-0.2, 0) is 11.3 Å². The highest BCUT2D eigenvalue weighted by atomic mass is 79.9. The van der Waals surface area contributed by atoms with Crippen LogP contribution < -0.4 is 15.4 Å². The van der Waals surface area contributed by atoms with E-state index in [1.807, 2.05) is 73.7 Å². The van der Waals surface area contributed by atoms with Crippen molar-refractivity contribution in [2.45, 2.75) is 13.5 Å². The fraction of sp³-hybridized carbons (Fsp3) is 0.136. The predicted octanol–water partition coefficient (Wildman–Crippen LogP) is 6.04. The van der Waals surface area contributed by atoms with Crippen LogP contribution in [0.2, 0.25) is 5.02 Å². The van der Waals surface area contributed by atoms with E-state index >= 15 is 0 Å². The van der Waals surface area contributed by atoms with Crippen LogP contribution in [0.1, 0.15) is 11.1 Å². The summed E-state index contributed by atoms with van der Waals surface area (Å²) >= 11 is 9.57. The van der Waals surface area contributed by atoms with Crippen LogP contribution in [0.5, 0.6) is 5.75 Å². The number of carbonyl (C=O) groups is 1. The molecule has 3 rings (SSSR count). The van der Waals surface area contributed by atoms with Gasteiger partial charge in [-0.1, -0.05) is 41.9 Å². The van der Waals surface area contributed by atoms with Gasteiger partial charge in [0.2, 0.25) is 0 Å². The lowest BCUT2D eigenvalue weighted by molar-refractivity contribution is -0.118. The summed E-state index contributed by atoms with van der Waals surface area (Å²) in [5, 5.41) is 6.88. The summed E-state index contributed by atoms with van der Waals surface area (Å²) in [7, 11) is 0. The maximum absolute atomic E-state index is 12.0. The van der Waals surface area contributed by atoms with Gasteiger partial charge in [0.05, 0.1) is 4.47 Å². The highest BCUT2D eigenvalue weighted by Gasteiger charge is 2.08. The van der Waals surface area contributed by atoms with Crippen LogP contribution in [0.15, 0.2) is 71.2 Å². The molecule has 0 unspecified atom stereocenters. The summed E-state index contributed by atoms with van der Waals surface area (Å²) in [6, 6.07) is 20.8. The van der Waals surface area contributed by atoms with E-state index in [0.29, 0.717) is 17.3 Å². The molecule has 0 radical (unpaired) electrons. The molecule has 0 aliphatic carbocycles. The molecule has 0 atom stereocenters. The molecule has 0 aromatic heterocycles. The van der Waals surface area contributed by atoms with Crippen molar-refractivity contribution in [2.75, 3.05) is 17.2 Å². The van der Waals surface area contributed by atoms with Crippen molar-refractivity contribution in [3.05, 3.63) is 87.4 Å². The fourth-order valence-corrected chi connectivity index (χ4v) is 3.33. The number of benzene rings is 3. The van der Waals surface area contributed by atoms with E-state index in [4.69, 9.17) is 16.3 Å². The SMILES string of the molecule is Cc1ccc(Cl)cc1NCc1ccc(OCC(=O)Nc2ccccc2)c(Br)c1. The van der Waals surface area contributed by atoms with Crippen LogP contribution in [0.3, 0.4) is 0 Å². The molecule has 28 heavy (non-hydrogen) atoms. The summed E-state index contributed by atoms with van der Waals surface area (Å²) < 4.78 is 6.42. The van der Waals surface area contributed by atoms with Gasteiger partial charge < -0.3 is 15.4 Å².